The lowest BCUT2D eigenvalue weighted by molar-refractivity contribution is 0.0977. The lowest BCUT2D eigenvalue weighted by Crippen LogP contribution is -2.18. The first-order valence-corrected chi connectivity index (χ1v) is 6.80. The number of ketones is 1. The minimum absolute atomic E-state index is 0.177. The summed E-state index contributed by atoms with van der Waals surface area (Å²) < 4.78 is 25.5. The van der Waals surface area contributed by atoms with Crippen LogP contribution < -0.4 is 15.2 Å². The second-order valence-electron chi connectivity index (χ2n) is 5.33. The van der Waals surface area contributed by atoms with Crippen molar-refractivity contribution in [1.29, 1.82) is 0 Å². The van der Waals surface area contributed by atoms with Crippen molar-refractivity contribution in [3.8, 4) is 11.5 Å². The van der Waals surface area contributed by atoms with Crippen molar-refractivity contribution in [2.24, 2.45) is 5.73 Å². The Kier molecular flexibility index (Phi) is 4.28. The van der Waals surface area contributed by atoms with Crippen molar-refractivity contribution in [2.75, 3.05) is 19.8 Å². The van der Waals surface area contributed by atoms with Crippen LogP contribution in [-0.2, 0) is 5.67 Å². The van der Waals surface area contributed by atoms with Crippen molar-refractivity contribution in [2.45, 2.75) is 32.4 Å². The van der Waals surface area contributed by atoms with E-state index in [9.17, 15) is 9.18 Å². The van der Waals surface area contributed by atoms with E-state index in [1.807, 2.05) is 0 Å². The van der Waals surface area contributed by atoms with E-state index in [0.29, 0.717) is 35.8 Å². The highest BCUT2D eigenvalue weighted by Gasteiger charge is 2.28. The molecule has 4 nitrogen and oxygen atoms in total. The first-order chi connectivity index (χ1) is 9.43. The average Bonchev–Trinajstić information content (AvgIpc) is 2.60. The van der Waals surface area contributed by atoms with E-state index in [-0.39, 0.29) is 18.7 Å². The van der Waals surface area contributed by atoms with E-state index >= 15 is 0 Å². The van der Waals surface area contributed by atoms with Gasteiger partial charge in [0.1, 0.15) is 5.67 Å². The zero-order valence-corrected chi connectivity index (χ0v) is 11.9. The fourth-order valence-electron chi connectivity index (χ4n) is 2.20. The molecular weight excluding hydrogens is 261 g/mol. The number of halogens is 1. The van der Waals surface area contributed by atoms with Crippen LogP contribution in [0.25, 0.3) is 0 Å². The third kappa shape index (κ3) is 3.10. The van der Waals surface area contributed by atoms with Gasteiger partial charge < -0.3 is 15.2 Å². The fourth-order valence-corrected chi connectivity index (χ4v) is 2.20. The number of rotatable bonds is 4. The van der Waals surface area contributed by atoms with Crippen LogP contribution in [0.15, 0.2) is 12.1 Å². The number of hydrogen-bond donors (Lipinski definition) is 1. The van der Waals surface area contributed by atoms with Gasteiger partial charge in [0.25, 0.3) is 0 Å². The smallest absolute Gasteiger partial charge is 0.164 e. The lowest BCUT2D eigenvalue weighted by Gasteiger charge is -2.21. The van der Waals surface area contributed by atoms with Crippen LogP contribution in [-0.4, -0.2) is 25.5 Å². The molecule has 0 saturated carbocycles. The summed E-state index contributed by atoms with van der Waals surface area (Å²) >= 11 is 0. The minimum atomic E-state index is -1.63. The van der Waals surface area contributed by atoms with Gasteiger partial charge in [-0.1, -0.05) is 0 Å². The molecule has 1 heterocycles. The third-order valence-electron chi connectivity index (χ3n) is 3.20. The molecule has 1 aromatic rings. The van der Waals surface area contributed by atoms with Gasteiger partial charge in [-0.05, 0) is 32.5 Å². The molecule has 0 amide bonds. The zero-order valence-electron chi connectivity index (χ0n) is 11.9. The molecule has 0 fully saturated rings. The Hall–Kier alpha value is -1.62. The maximum atomic E-state index is 14.4. The van der Waals surface area contributed by atoms with Crippen molar-refractivity contribution in [3.63, 3.8) is 0 Å². The number of hydrogen-bond acceptors (Lipinski definition) is 4. The van der Waals surface area contributed by atoms with Crippen LogP contribution in [0.2, 0.25) is 0 Å². The van der Waals surface area contributed by atoms with Crippen molar-refractivity contribution in [1.82, 2.24) is 0 Å². The van der Waals surface area contributed by atoms with Crippen molar-refractivity contribution in [3.05, 3.63) is 23.3 Å². The monoisotopic (exact) mass is 281 g/mol. The predicted molar refractivity (Wildman–Crippen MR) is 74.2 cm³/mol. The third-order valence-corrected chi connectivity index (χ3v) is 3.20. The molecule has 0 unspecified atom stereocenters. The van der Waals surface area contributed by atoms with Crippen LogP contribution in [0, 0.1) is 0 Å². The molecule has 0 saturated heterocycles. The summed E-state index contributed by atoms with van der Waals surface area (Å²) in [6, 6.07) is 3.15. The summed E-state index contributed by atoms with van der Waals surface area (Å²) in [7, 11) is 0. The SMILES string of the molecule is CC(C)(F)c1cc2c(cc1C(=O)CCN)OCCCO2. The quantitative estimate of drug-likeness (QED) is 0.862. The molecule has 0 bridgehead atoms. The minimum Gasteiger partial charge on any atom is -0.490 e. The molecule has 1 aliphatic rings. The summed E-state index contributed by atoms with van der Waals surface area (Å²) in [4.78, 5) is 12.1. The highest BCUT2D eigenvalue weighted by Crippen LogP contribution is 2.38. The number of alkyl halides is 1. The molecule has 0 aromatic heterocycles. The predicted octanol–water partition coefficient (Wildman–Crippen LogP) is 2.58. The Morgan fingerprint density at radius 3 is 2.45 bits per heavy atom. The van der Waals surface area contributed by atoms with Gasteiger partial charge in [-0.2, -0.15) is 0 Å². The van der Waals surface area contributed by atoms with E-state index < -0.39 is 5.67 Å². The van der Waals surface area contributed by atoms with E-state index in [2.05, 4.69) is 0 Å². The Morgan fingerprint density at radius 2 is 1.90 bits per heavy atom. The Bertz CT molecular complexity index is 509. The zero-order chi connectivity index (χ0) is 14.8. The maximum absolute atomic E-state index is 14.4. The first kappa shape index (κ1) is 14.8. The molecule has 0 aliphatic carbocycles. The summed E-state index contributed by atoms with van der Waals surface area (Å²) in [5, 5.41) is 0. The number of fused-ring (bicyclic) bond motifs is 1. The summed E-state index contributed by atoms with van der Waals surface area (Å²) in [6.07, 6.45) is 0.942. The standard InChI is InChI=1S/C15H20FNO3/c1-15(2,16)11-9-14-13(19-6-3-7-20-14)8-10(11)12(18)4-5-17/h8-9H,3-7,17H2,1-2H3. The average molecular weight is 281 g/mol. The van der Waals surface area contributed by atoms with Gasteiger partial charge >= 0.3 is 0 Å². The highest BCUT2D eigenvalue weighted by molar-refractivity contribution is 5.98. The topological polar surface area (TPSA) is 61.6 Å². The molecule has 0 spiro atoms. The second-order valence-corrected chi connectivity index (χ2v) is 5.33. The van der Waals surface area contributed by atoms with Gasteiger partial charge in [-0.15, -0.1) is 0 Å². The maximum Gasteiger partial charge on any atom is 0.164 e. The Morgan fingerprint density at radius 1 is 1.30 bits per heavy atom. The number of ether oxygens (including phenoxy) is 2. The van der Waals surface area contributed by atoms with Gasteiger partial charge in [-0.25, -0.2) is 4.39 Å². The number of benzene rings is 1. The first-order valence-electron chi connectivity index (χ1n) is 6.80. The molecule has 0 atom stereocenters. The Labute approximate surface area is 118 Å². The number of nitrogens with two attached hydrogens (primary N) is 1. The summed E-state index contributed by atoms with van der Waals surface area (Å²) in [5.41, 5.74) is 4.43. The van der Waals surface area contributed by atoms with Crippen LogP contribution >= 0.6 is 0 Å². The van der Waals surface area contributed by atoms with E-state index in [4.69, 9.17) is 15.2 Å². The second kappa shape index (κ2) is 5.79. The normalized spacial score (nSPS) is 14.8. The van der Waals surface area contributed by atoms with E-state index in [1.54, 1.807) is 12.1 Å². The molecule has 20 heavy (non-hydrogen) atoms. The summed E-state index contributed by atoms with van der Waals surface area (Å²) in [5.74, 6) is 0.812. The molecule has 110 valence electrons. The molecule has 2 N–H and O–H groups in total. The fraction of sp³-hybridized carbons (Fsp3) is 0.533. The van der Waals surface area contributed by atoms with Crippen molar-refractivity contribution >= 4 is 5.78 Å². The number of carbonyl (C=O) groups is 1. The van der Waals surface area contributed by atoms with Gasteiger partial charge in [0.15, 0.2) is 17.3 Å². The molecule has 2 rings (SSSR count). The van der Waals surface area contributed by atoms with Crippen LogP contribution in [0.1, 0.15) is 42.6 Å². The molecular formula is C15H20FNO3. The number of Topliss-reactive ketones (excluding diaryl/α,β-unsaturated/α-hetero) is 1. The van der Waals surface area contributed by atoms with Crippen molar-refractivity contribution < 1.29 is 18.7 Å². The van der Waals surface area contributed by atoms with Gasteiger partial charge in [0.05, 0.1) is 13.2 Å². The van der Waals surface area contributed by atoms with Gasteiger partial charge in [-0.3, -0.25) is 4.79 Å². The largest absolute Gasteiger partial charge is 0.490 e. The lowest BCUT2D eigenvalue weighted by atomic mass is 9.91. The van der Waals surface area contributed by atoms with E-state index in [0.717, 1.165) is 6.42 Å². The number of carbonyl (C=O) groups excluding carboxylic acids is 1. The van der Waals surface area contributed by atoms with E-state index in [1.165, 1.54) is 13.8 Å². The molecule has 1 aromatic carbocycles. The van der Waals surface area contributed by atoms with Crippen LogP contribution in [0.5, 0.6) is 11.5 Å². The van der Waals surface area contributed by atoms with Gasteiger partial charge in [0.2, 0.25) is 0 Å². The molecule has 1 aliphatic heterocycles. The van der Waals surface area contributed by atoms with Crippen LogP contribution in [0.4, 0.5) is 4.39 Å². The molecule has 5 heteroatoms. The van der Waals surface area contributed by atoms with Crippen LogP contribution in [0.3, 0.4) is 0 Å². The molecule has 0 radical (unpaired) electrons. The summed E-state index contributed by atoms with van der Waals surface area (Å²) in [6.45, 7) is 4.13. The van der Waals surface area contributed by atoms with Gasteiger partial charge in [0, 0.05) is 24.0 Å². The Balaban J connectivity index is 2.52. The highest BCUT2D eigenvalue weighted by atomic mass is 19.1.